The second kappa shape index (κ2) is 12.4. The normalized spacial score (nSPS) is 9.24. The zero-order valence-electron chi connectivity index (χ0n) is 11.2. The molecule has 0 aliphatic heterocycles. The van der Waals surface area contributed by atoms with E-state index in [0.717, 1.165) is 11.4 Å². The fourth-order valence-corrected chi connectivity index (χ4v) is 1.12. The van der Waals surface area contributed by atoms with E-state index < -0.39 is 0 Å². The molecule has 1 rings (SSSR count). The van der Waals surface area contributed by atoms with Crippen LogP contribution in [0.15, 0.2) is 42.1 Å². The Kier molecular flexibility index (Phi) is 12.8. The Morgan fingerprint density at radius 2 is 1.71 bits per heavy atom. The minimum absolute atomic E-state index is 0.0863. The molecule has 0 bridgehead atoms. The van der Waals surface area contributed by atoms with Gasteiger partial charge in [0.15, 0.2) is 0 Å². The smallest absolute Gasteiger partial charge is 0.0632 e. The van der Waals surface area contributed by atoms with Crippen LogP contribution in [-0.4, -0.2) is 18.8 Å². The molecule has 0 saturated heterocycles. The van der Waals surface area contributed by atoms with E-state index in [1.165, 1.54) is 0 Å². The first kappa shape index (κ1) is 17.7. The quantitative estimate of drug-likeness (QED) is 0.810. The van der Waals surface area contributed by atoms with Gasteiger partial charge in [-0.15, -0.1) is 12.8 Å². The Morgan fingerprint density at radius 3 is 2.12 bits per heavy atom. The first-order chi connectivity index (χ1) is 8.25. The molecule has 1 N–H and O–H groups in total. The molecule has 0 radical (unpaired) electrons. The van der Waals surface area contributed by atoms with Crippen molar-refractivity contribution in [2.45, 2.75) is 20.8 Å². The molecule has 0 fully saturated rings. The maximum atomic E-state index is 8.73. The summed E-state index contributed by atoms with van der Waals surface area (Å²) in [6.45, 7) is 6.06. The van der Waals surface area contributed by atoms with Gasteiger partial charge >= 0.3 is 0 Å². The summed E-state index contributed by atoms with van der Waals surface area (Å²) in [6, 6.07) is 10.1. The minimum atomic E-state index is 0.0863. The number of hydrogen-bond acceptors (Lipinski definition) is 2. The molecule has 1 aromatic rings. The van der Waals surface area contributed by atoms with Crippen molar-refractivity contribution in [2.24, 2.45) is 0 Å². The molecular weight excluding hydrogens is 210 g/mol. The van der Waals surface area contributed by atoms with Crippen LogP contribution in [-0.2, 0) is 0 Å². The maximum absolute atomic E-state index is 8.73. The van der Waals surface area contributed by atoms with E-state index in [9.17, 15) is 0 Å². The highest BCUT2D eigenvalue weighted by atomic mass is 16.2. The molecule has 0 heterocycles. The van der Waals surface area contributed by atoms with Gasteiger partial charge in [-0.25, -0.2) is 0 Å². The number of para-hydroxylation sites is 1. The second-order valence-electron chi connectivity index (χ2n) is 2.92. The Bertz CT molecular complexity index is 314. The van der Waals surface area contributed by atoms with E-state index >= 15 is 0 Å². The predicted octanol–water partition coefficient (Wildman–Crippen LogP) is 3.29. The van der Waals surface area contributed by atoms with Crippen LogP contribution in [0.4, 0.5) is 5.69 Å². The van der Waals surface area contributed by atoms with Crippen molar-refractivity contribution in [3.63, 3.8) is 0 Å². The van der Waals surface area contributed by atoms with Crippen LogP contribution in [0, 0.1) is 12.8 Å². The lowest BCUT2D eigenvalue weighted by atomic mass is 10.3. The number of hydrogen-bond donors (Lipinski definition) is 1. The summed E-state index contributed by atoms with van der Waals surface area (Å²) >= 11 is 0. The van der Waals surface area contributed by atoms with Crippen molar-refractivity contribution in [3.8, 4) is 12.8 Å². The van der Waals surface area contributed by atoms with Gasteiger partial charge in [0.25, 0.3) is 0 Å². The maximum Gasteiger partial charge on any atom is 0.0632 e. The third-order valence-corrected chi connectivity index (χ3v) is 2.06. The van der Waals surface area contributed by atoms with E-state index in [2.05, 4.69) is 12.8 Å². The largest absolute Gasteiger partial charge is 0.392 e. The summed E-state index contributed by atoms with van der Waals surface area (Å²) in [4.78, 5) is 2.04. The fraction of sp³-hybridized carbons (Fsp3) is 0.333. The van der Waals surface area contributed by atoms with Gasteiger partial charge in [-0.05, 0) is 25.1 Å². The fourth-order valence-electron chi connectivity index (χ4n) is 1.12. The third kappa shape index (κ3) is 7.21. The van der Waals surface area contributed by atoms with Gasteiger partial charge in [-0.1, -0.05) is 32.0 Å². The number of anilines is 1. The molecular formula is C15H23NO. The minimum Gasteiger partial charge on any atom is -0.392 e. The molecule has 2 heteroatoms. The molecule has 0 spiro atoms. The third-order valence-electron chi connectivity index (χ3n) is 2.06. The lowest BCUT2D eigenvalue weighted by Gasteiger charge is -2.19. The summed E-state index contributed by atoms with van der Waals surface area (Å²) in [5, 5.41) is 8.73. The van der Waals surface area contributed by atoms with Gasteiger partial charge in [0.1, 0.15) is 0 Å². The standard InChI is InChI=1S/C11H15NO.C2H6.C2H2/c1-10(8-9-13)12(2)11-6-4-3-5-7-11;2*1-2/h3-8,13H,9H2,1-2H3;1-2H3;1-2H/b10-8-;;. The van der Waals surface area contributed by atoms with Gasteiger partial charge in [0.05, 0.1) is 6.61 Å². The van der Waals surface area contributed by atoms with E-state index in [1.54, 1.807) is 6.08 Å². The van der Waals surface area contributed by atoms with Crippen molar-refractivity contribution in [1.29, 1.82) is 0 Å². The number of allylic oxidation sites excluding steroid dienone is 1. The van der Waals surface area contributed by atoms with E-state index in [0.29, 0.717) is 0 Å². The zero-order valence-corrected chi connectivity index (χ0v) is 11.2. The van der Waals surface area contributed by atoms with Crippen molar-refractivity contribution >= 4 is 5.69 Å². The molecule has 1 aromatic carbocycles. The number of terminal acetylenes is 1. The Morgan fingerprint density at radius 1 is 1.24 bits per heavy atom. The SMILES string of the molecule is C#C.C/C(=C/CO)N(C)c1ccccc1.CC. The van der Waals surface area contributed by atoms with Gasteiger partial charge in [0, 0.05) is 18.4 Å². The Balaban J connectivity index is 0. The summed E-state index contributed by atoms with van der Waals surface area (Å²) in [5.74, 6) is 0. The van der Waals surface area contributed by atoms with Crippen LogP contribution in [0.2, 0.25) is 0 Å². The Hall–Kier alpha value is -1.72. The van der Waals surface area contributed by atoms with Crippen LogP contribution in [0.5, 0.6) is 0 Å². The van der Waals surface area contributed by atoms with Crippen molar-refractivity contribution < 1.29 is 5.11 Å². The summed E-state index contributed by atoms with van der Waals surface area (Å²) < 4.78 is 0. The number of benzene rings is 1. The molecule has 0 saturated carbocycles. The second-order valence-corrected chi connectivity index (χ2v) is 2.92. The first-order valence-corrected chi connectivity index (χ1v) is 5.65. The molecule has 0 atom stereocenters. The molecule has 0 aromatic heterocycles. The van der Waals surface area contributed by atoms with Crippen molar-refractivity contribution in [2.75, 3.05) is 18.6 Å². The average molecular weight is 233 g/mol. The lowest BCUT2D eigenvalue weighted by molar-refractivity contribution is 0.341. The van der Waals surface area contributed by atoms with Gasteiger partial charge in [-0.3, -0.25) is 0 Å². The highest BCUT2D eigenvalue weighted by Crippen LogP contribution is 2.15. The summed E-state index contributed by atoms with van der Waals surface area (Å²) in [7, 11) is 1.98. The molecule has 0 amide bonds. The highest BCUT2D eigenvalue weighted by molar-refractivity contribution is 5.50. The topological polar surface area (TPSA) is 23.5 Å². The van der Waals surface area contributed by atoms with Gasteiger partial charge < -0.3 is 10.0 Å². The van der Waals surface area contributed by atoms with Crippen molar-refractivity contribution in [3.05, 3.63) is 42.1 Å². The average Bonchev–Trinajstić information content (AvgIpc) is 2.43. The van der Waals surface area contributed by atoms with Gasteiger partial charge in [0.2, 0.25) is 0 Å². The van der Waals surface area contributed by atoms with Crippen LogP contribution in [0.1, 0.15) is 20.8 Å². The summed E-state index contributed by atoms with van der Waals surface area (Å²) in [5.41, 5.74) is 2.18. The molecule has 2 nitrogen and oxygen atoms in total. The van der Waals surface area contributed by atoms with Crippen molar-refractivity contribution in [1.82, 2.24) is 0 Å². The number of nitrogens with zero attached hydrogens (tertiary/aromatic N) is 1. The van der Waals surface area contributed by atoms with Crippen LogP contribution >= 0.6 is 0 Å². The van der Waals surface area contributed by atoms with E-state index in [-0.39, 0.29) is 6.61 Å². The first-order valence-electron chi connectivity index (χ1n) is 5.65. The highest BCUT2D eigenvalue weighted by Gasteiger charge is 1.99. The molecule has 0 aliphatic carbocycles. The monoisotopic (exact) mass is 233 g/mol. The summed E-state index contributed by atoms with van der Waals surface area (Å²) in [6.07, 6.45) is 9.78. The van der Waals surface area contributed by atoms with Crippen LogP contribution in [0.25, 0.3) is 0 Å². The molecule has 17 heavy (non-hydrogen) atoms. The zero-order chi connectivity index (χ0) is 13.7. The van der Waals surface area contributed by atoms with Crippen LogP contribution in [0.3, 0.4) is 0 Å². The molecule has 94 valence electrons. The molecule has 0 aliphatic rings. The van der Waals surface area contributed by atoms with E-state index in [1.807, 2.05) is 63.1 Å². The van der Waals surface area contributed by atoms with E-state index in [4.69, 9.17) is 5.11 Å². The Labute approximate surface area is 106 Å². The lowest BCUT2D eigenvalue weighted by Crippen LogP contribution is -2.14. The molecule has 0 unspecified atom stereocenters. The predicted molar refractivity (Wildman–Crippen MR) is 76.9 cm³/mol. The number of rotatable bonds is 3. The number of aliphatic hydroxyl groups is 1. The van der Waals surface area contributed by atoms with Gasteiger partial charge in [-0.2, -0.15) is 0 Å². The number of aliphatic hydroxyl groups excluding tert-OH is 1. The van der Waals surface area contributed by atoms with Crippen LogP contribution < -0.4 is 4.90 Å².